The molecule has 0 aromatic heterocycles. The molecular weight excluding hydrogens is 425 g/mol. The molecule has 0 rings (SSSR count). The van der Waals surface area contributed by atoms with Crippen molar-refractivity contribution in [3.63, 3.8) is 0 Å². The standard InChI is InChI=1S/C16H46N2O4Si5/c1-16(18-15-13-14-17)27(12,21-25(8,9)19-23(2,3)4)22-26(10,11)20-24(5,6)7/h16,18H,13-15,17H2,1-12H3. The minimum Gasteiger partial charge on any atom is -0.437 e. The van der Waals surface area contributed by atoms with Crippen LogP contribution in [-0.4, -0.2) is 61.1 Å². The molecule has 0 radical (unpaired) electrons. The summed E-state index contributed by atoms with van der Waals surface area (Å²) >= 11 is 0. The Morgan fingerprint density at radius 2 is 1.07 bits per heavy atom. The molecule has 0 spiro atoms. The van der Waals surface area contributed by atoms with Crippen molar-refractivity contribution in [3.8, 4) is 0 Å². The Morgan fingerprint density at radius 1 is 0.704 bits per heavy atom. The third kappa shape index (κ3) is 12.9. The summed E-state index contributed by atoms with van der Waals surface area (Å²) in [5.74, 6) is 0. The van der Waals surface area contributed by atoms with Gasteiger partial charge in [0, 0.05) is 5.67 Å². The van der Waals surface area contributed by atoms with E-state index in [4.69, 9.17) is 22.2 Å². The fourth-order valence-corrected chi connectivity index (χ4v) is 26.5. The largest absolute Gasteiger partial charge is 0.437 e. The molecule has 0 fully saturated rings. The normalized spacial score (nSPS) is 15.9. The monoisotopic (exact) mass is 470 g/mol. The smallest absolute Gasteiger partial charge is 0.334 e. The van der Waals surface area contributed by atoms with E-state index in [0.29, 0.717) is 6.54 Å². The van der Waals surface area contributed by atoms with E-state index < -0.39 is 42.3 Å². The van der Waals surface area contributed by atoms with Crippen LogP contribution in [0, 0.1) is 0 Å². The van der Waals surface area contributed by atoms with Crippen LogP contribution in [0.5, 0.6) is 0 Å². The van der Waals surface area contributed by atoms with Crippen LogP contribution in [0.1, 0.15) is 13.3 Å². The van der Waals surface area contributed by atoms with Crippen molar-refractivity contribution in [2.24, 2.45) is 5.73 Å². The summed E-state index contributed by atoms with van der Waals surface area (Å²) in [6, 6.07) is 0. The van der Waals surface area contributed by atoms with Crippen LogP contribution < -0.4 is 11.1 Å². The number of hydrogen-bond donors (Lipinski definition) is 2. The molecule has 3 N–H and O–H groups in total. The van der Waals surface area contributed by atoms with Crippen molar-refractivity contribution in [1.82, 2.24) is 5.32 Å². The summed E-state index contributed by atoms with van der Waals surface area (Å²) < 4.78 is 26.5. The third-order valence-corrected chi connectivity index (χ3v) is 21.4. The quantitative estimate of drug-likeness (QED) is 0.312. The average molecular weight is 471 g/mol. The van der Waals surface area contributed by atoms with Gasteiger partial charge in [0.1, 0.15) is 0 Å². The second kappa shape index (κ2) is 10.2. The Morgan fingerprint density at radius 3 is 1.37 bits per heavy atom. The average Bonchev–Trinajstić information content (AvgIpc) is 2.30. The van der Waals surface area contributed by atoms with Gasteiger partial charge in [0.15, 0.2) is 16.6 Å². The summed E-state index contributed by atoms with van der Waals surface area (Å²) in [5, 5.41) is 3.58. The topological polar surface area (TPSA) is 75.0 Å². The Hall–Kier alpha value is 0.844. The van der Waals surface area contributed by atoms with Crippen molar-refractivity contribution in [2.75, 3.05) is 13.1 Å². The first kappa shape index (κ1) is 27.8. The lowest BCUT2D eigenvalue weighted by Gasteiger charge is -2.45. The van der Waals surface area contributed by atoms with Gasteiger partial charge >= 0.3 is 25.7 Å². The second-order valence-electron chi connectivity index (χ2n) is 10.3. The molecule has 27 heavy (non-hydrogen) atoms. The van der Waals surface area contributed by atoms with E-state index in [-0.39, 0.29) is 5.67 Å². The van der Waals surface area contributed by atoms with Crippen molar-refractivity contribution in [3.05, 3.63) is 0 Å². The van der Waals surface area contributed by atoms with Gasteiger partial charge in [-0.1, -0.05) is 0 Å². The maximum Gasteiger partial charge on any atom is 0.334 e. The molecule has 0 saturated carbocycles. The molecule has 0 saturated heterocycles. The van der Waals surface area contributed by atoms with Gasteiger partial charge in [-0.3, -0.25) is 0 Å². The fraction of sp³-hybridized carbons (Fsp3) is 1.00. The van der Waals surface area contributed by atoms with Crippen LogP contribution >= 0.6 is 0 Å². The lowest BCUT2D eigenvalue weighted by Crippen LogP contribution is -2.66. The molecule has 1 atom stereocenters. The maximum atomic E-state index is 6.79. The van der Waals surface area contributed by atoms with Gasteiger partial charge in [-0.05, 0) is 98.5 Å². The van der Waals surface area contributed by atoms with Crippen LogP contribution in [0.15, 0.2) is 0 Å². The van der Waals surface area contributed by atoms with E-state index in [2.05, 4.69) is 84.3 Å². The van der Waals surface area contributed by atoms with E-state index in [1.54, 1.807) is 0 Å². The Labute approximate surface area is 173 Å². The van der Waals surface area contributed by atoms with E-state index in [1.165, 1.54) is 0 Å². The van der Waals surface area contributed by atoms with Crippen molar-refractivity contribution in [2.45, 2.75) is 91.0 Å². The van der Waals surface area contributed by atoms with Gasteiger partial charge < -0.3 is 27.5 Å². The molecule has 6 nitrogen and oxygen atoms in total. The highest BCUT2D eigenvalue weighted by Gasteiger charge is 2.50. The van der Waals surface area contributed by atoms with Gasteiger partial charge in [-0.25, -0.2) is 0 Å². The SMILES string of the molecule is CC(NCCCN)[Si](C)(O[Si](C)(C)O[Si](C)(C)C)O[Si](C)(C)O[Si](C)(C)C. The number of nitrogens with one attached hydrogen (secondary N) is 1. The summed E-state index contributed by atoms with van der Waals surface area (Å²) in [6.07, 6.45) is 0.938. The first-order valence-corrected chi connectivity index (χ1v) is 24.9. The molecule has 0 aliphatic carbocycles. The first-order valence-electron chi connectivity index (χ1n) is 10.0. The molecule has 0 heterocycles. The Balaban J connectivity index is 5.54. The van der Waals surface area contributed by atoms with Crippen LogP contribution in [-0.2, 0) is 16.5 Å². The summed E-state index contributed by atoms with van der Waals surface area (Å²) in [7, 11) is -10.7. The number of hydrogen-bond acceptors (Lipinski definition) is 6. The highest BCUT2D eigenvalue weighted by molar-refractivity contribution is 6.91. The summed E-state index contributed by atoms with van der Waals surface area (Å²) in [6.45, 7) is 27.7. The maximum absolute atomic E-state index is 6.79. The van der Waals surface area contributed by atoms with Crippen molar-refractivity contribution < 1.29 is 16.5 Å². The second-order valence-corrected chi connectivity index (χ2v) is 30.5. The molecule has 0 amide bonds. The summed E-state index contributed by atoms with van der Waals surface area (Å²) in [4.78, 5) is 0. The highest BCUT2D eigenvalue weighted by atomic mass is 28.5. The van der Waals surface area contributed by atoms with E-state index >= 15 is 0 Å². The van der Waals surface area contributed by atoms with Crippen molar-refractivity contribution in [1.29, 1.82) is 0 Å². The molecule has 0 aliphatic rings. The highest BCUT2D eigenvalue weighted by Crippen LogP contribution is 2.28. The molecule has 0 aliphatic heterocycles. The molecule has 164 valence electrons. The molecule has 11 heteroatoms. The lowest BCUT2D eigenvalue weighted by molar-refractivity contribution is 0.278. The first-order chi connectivity index (χ1) is 11.8. The predicted molar refractivity (Wildman–Crippen MR) is 129 cm³/mol. The zero-order valence-corrected chi connectivity index (χ0v) is 24.9. The van der Waals surface area contributed by atoms with Crippen LogP contribution in [0.2, 0.25) is 72.0 Å². The minimum atomic E-state index is -2.61. The van der Waals surface area contributed by atoms with Gasteiger partial charge in [-0.15, -0.1) is 0 Å². The van der Waals surface area contributed by atoms with Crippen LogP contribution in [0.25, 0.3) is 0 Å². The molecule has 1 unspecified atom stereocenters. The van der Waals surface area contributed by atoms with Crippen LogP contribution in [0.3, 0.4) is 0 Å². The van der Waals surface area contributed by atoms with Gasteiger partial charge in [0.25, 0.3) is 0 Å². The van der Waals surface area contributed by atoms with Crippen molar-refractivity contribution >= 4 is 42.3 Å². The molecule has 0 bridgehead atoms. The Kier molecular flexibility index (Phi) is 10.6. The lowest BCUT2D eigenvalue weighted by atomic mass is 10.4. The van der Waals surface area contributed by atoms with E-state index in [9.17, 15) is 0 Å². The number of rotatable bonds is 13. The van der Waals surface area contributed by atoms with E-state index in [0.717, 1.165) is 13.0 Å². The fourth-order valence-electron chi connectivity index (χ4n) is 3.30. The molecule has 0 aromatic rings. The van der Waals surface area contributed by atoms with Crippen LogP contribution in [0.4, 0.5) is 0 Å². The zero-order valence-electron chi connectivity index (χ0n) is 19.9. The number of nitrogens with two attached hydrogens (primary N) is 1. The van der Waals surface area contributed by atoms with Gasteiger partial charge in [-0.2, -0.15) is 0 Å². The van der Waals surface area contributed by atoms with Gasteiger partial charge in [0.05, 0.1) is 0 Å². The minimum absolute atomic E-state index is 0.123. The summed E-state index contributed by atoms with van der Waals surface area (Å²) in [5.41, 5.74) is 5.78. The van der Waals surface area contributed by atoms with Gasteiger partial charge in [0.2, 0.25) is 0 Å². The third-order valence-electron chi connectivity index (χ3n) is 3.62. The molecular formula is C16H46N2O4Si5. The molecule has 0 aromatic carbocycles. The predicted octanol–water partition coefficient (Wildman–Crippen LogP) is 4.06. The van der Waals surface area contributed by atoms with E-state index in [1.807, 2.05) is 0 Å². The Bertz CT molecular complexity index is 423. The zero-order chi connectivity index (χ0) is 21.7.